The zero-order valence-corrected chi connectivity index (χ0v) is 8.45. The number of fused-ring (bicyclic) bond motifs is 1. The van der Waals surface area contributed by atoms with E-state index >= 15 is 0 Å². The fraction of sp³-hybridized carbons (Fsp3) is 0.909. The third-order valence-corrected chi connectivity index (χ3v) is 4.43. The number of hydrogen-bond acceptors (Lipinski definition) is 3. The molecule has 4 bridgehead atoms. The second-order valence-corrected chi connectivity index (χ2v) is 5.67. The van der Waals surface area contributed by atoms with Gasteiger partial charge in [-0.3, -0.25) is 0 Å². The Morgan fingerprint density at radius 2 is 2.00 bits per heavy atom. The quantitative estimate of drug-likeness (QED) is 0.456. The topological polar surface area (TPSA) is 58.6 Å². The summed E-state index contributed by atoms with van der Waals surface area (Å²) in [5.41, 5.74) is 7.51. The van der Waals surface area contributed by atoms with Crippen molar-refractivity contribution in [2.45, 2.75) is 44.1 Å². The minimum absolute atomic E-state index is 0.0724. The molecule has 4 rings (SSSR count). The molecule has 0 heterocycles. The molecular weight excluding hydrogens is 176 g/mol. The minimum Gasteiger partial charge on any atom is -0.411 e. The van der Waals surface area contributed by atoms with Crippen LogP contribution in [0.15, 0.2) is 5.16 Å². The van der Waals surface area contributed by atoms with Crippen LogP contribution in [-0.2, 0) is 0 Å². The molecule has 4 aliphatic carbocycles. The van der Waals surface area contributed by atoms with Gasteiger partial charge >= 0.3 is 0 Å². The highest BCUT2D eigenvalue weighted by atomic mass is 16.4. The molecule has 0 amide bonds. The van der Waals surface area contributed by atoms with Gasteiger partial charge in [-0.2, -0.15) is 0 Å². The summed E-state index contributed by atoms with van der Waals surface area (Å²) < 4.78 is 0. The van der Waals surface area contributed by atoms with Crippen LogP contribution in [0.5, 0.6) is 0 Å². The largest absolute Gasteiger partial charge is 0.411 e. The van der Waals surface area contributed by atoms with Crippen LogP contribution >= 0.6 is 0 Å². The van der Waals surface area contributed by atoms with Gasteiger partial charge in [0.15, 0.2) is 0 Å². The van der Waals surface area contributed by atoms with Crippen molar-refractivity contribution in [2.24, 2.45) is 28.6 Å². The lowest BCUT2D eigenvalue weighted by atomic mass is 9.63. The molecule has 3 heteroatoms. The molecule has 78 valence electrons. The van der Waals surface area contributed by atoms with Crippen molar-refractivity contribution in [3.63, 3.8) is 0 Å². The molecule has 3 N–H and O–H groups in total. The summed E-state index contributed by atoms with van der Waals surface area (Å²) in [5.74, 6) is 1.98. The maximum absolute atomic E-state index is 9.00. The molecule has 14 heavy (non-hydrogen) atoms. The van der Waals surface area contributed by atoms with Gasteiger partial charge in [-0.1, -0.05) is 5.16 Å². The van der Waals surface area contributed by atoms with Crippen LogP contribution in [0.1, 0.15) is 38.5 Å². The maximum atomic E-state index is 9.00. The number of nitrogens with two attached hydrogens (primary N) is 1. The van der Waals surface area contributed by atoms with Crippen molar-refractivity contribution < 1.29 is 5.21 Å². The van der Waals surface area contributed by atoms with Gasteiger partial charge < -0.3 is 10.9 Å². The van der Waals surface area contributed by atoms with Crippen molar-refractivity contribution in [1.82, 2.24) is 0 Å². The van der Waals surface area contributed by atoms with E-state index in [0.717, 1.165) is 30.9 Å². The predicted molar refractivity (Wildman–Crippen MR) is 54.3 cm³/mol. The van der Waals surface area contributed by atoms with Crippen molar-refractivity contribution in [2.75, 3.05) is 0 Å². The fourth-order valence-corrected chi connectivity index (χ4v) is 4.19. The summed E-state index contributed by atoms with van der Waals surface area (Å²) >= 11 is 0. The Labute approximate surface area is 84.4 Å². The summed E-state index contributed by atoms with van der Waals surface area (Å²) in [5, 5.41) is 12.5. The predicted octanol–water partition coefficient (Wildman–Crippen LogP) is 1.74. The number of hydrogen-bond donors (Lipinski definition) is 2. The van der Waals surface area contributed by atoms with E-state index < -0.39 is 0 Å². The Morgan fingerprint density at radius 3 is 2.71 bits per heavy atom. The first-order valence-electron chi connectivity index (χ1n) is 5.68. The van der Waals surface area contributed by atoms with Crippen LogP contribution in [0.2, 0.25) is 0 Å². The molecule has 0 radical (unpaired) electrons. The second-order valence-electron chi connectivity index (χ2n) is 5.67. The monoisotopic (exact) mass is 194 g/mol. The summed E-state index contributed by atoms with van der Waals surface area (Å²) in [7, 11) is 0. The van der Waals surface area contributed by atoms with E-state index in [0.29, 0.717) is 11.8 Å². The molecule has 0 aliphatic heterocycles. The molecule has 3 nitrogen and oxygen atoms in total. The van der Waals surface area contributed by atoms with Crippen LogP contribution in [0, 0.1) is 17.8 Å². The number of rotatable bonds is 0. The Hall–Kier alpha value is -0.570. The van der Waals surface area contributed by atoms with Gasteiger partial charge in [0.25, 0.3) is 0 Å². The summed E-state index contributed by atoms with van der Waals surface area (Å²) in [4.78, 5) is 0. The van der Waals surface area contributed by atoms with Crippen molar-refractivity contribution >= 4 is 5.71 Å². The Kier molecular flexibility index (Phi) is 1.69. The molecule has 4 aliphatic rings. The molecule has 0 spiro atoms. The lowest BCUT2D eigenvalue weighted by Gasteiger charge is -2.45. The average Bonchev–Trinajstić information content (AvgIpc) is 2.26. The first-order chi connectivity index (χ1) is 6.68. The summed E-state index contributed by atoms with van der Waals surface area (Å²) in [6.45, 7) is 0. The van der Waals surface area contributed by atoms with Crippen molar-refractivity contribution in [3.05, 3.63) is 0 Å². The zero-order valence-electron chi connectivity index (χ0n) is 8.45. The van der Waals surface area contributed by atoms with Gasteiger partial charge in [-0.25, -0.2) is 0 Å². The average molecular weight is 194 g/mol. The van der Waals surface area contributed by atoms with Crippen LogP contribution in [0.3, 0.4) is 0 Å². The first kappa shape index (κ1) is 8.72. The molecule has 4 fully saturated rings. The van der Waals surface area contributed by atoms with E-state index in [1.807, 2.05) is 0 Å². The normalized spacial score (nSPS) is 53.8. The molecule has 0 aromatic carbocycles. The van der Waals surface area contributed by atoms with Crippen LogP contribution in [0.4, 0.5) is 0 Å². The van der Waals surface area contributed by atoms with E-state index in [2.05, 4.69) is 5.16 Å². The van der Waals surface area contributed by atoms with E-state index in [9.17, 15) is 0 Å². The Balaban J connectivity index is 1.99. The third-order valence-electron chi connectivity index (χ3n) is 4.43. The second kappa shape index (κ2) is 2.72. The highest BCUT2D eigenvalue weighted by molar-refractivity contribution is 5.87. The minimum atomic E-state index is 0.0724. The molecule has 0 aromatic rings. The van der Waals surface area contributed by atoms with Crippen LogP contribution in [-0.4, -0.2) is 16.5 Å². The Morgan fingerprint density at radius 1 is 1.21 bits per heavy atom. The lowest BCUT2D eigenvalue weighted by molar-refractivity contribution is 0.109. The van der Waals surface area contributed by atoms with Gasteiger partial charge in [0, 0.05) is 11.5 Å². The van der Waals surface area contributed by atoms with E-state index in [1.54, 1.807) is 0 Å². The summed E-state index contributed by atoms with van der Waals surface area (Å²) in [6.07, 6.45) is 6.94. The molecule has 0 saturated heterocycles. The molecule has 4 unspecified atom stereocenters. The van der Waals surface area contributed by atoms with Gasteiger partial charge in [0.1, 0.15) is 0 Å². The van der Waals surface area contributed by atoms with Crippen molar-refractivity contribution in [3.8, 4) is 0 Å². The fourth-order valence-electron chi connectivity index (χ4n) is 4.19. The van der Waals surface area contributed by atoms with Crippen LogP contribution < -0.4 is 5.73 Å². The van der Waals surface area contributed by atoms with Gasteiger partial charge in [0.2, 0.25) is 0 Å². The molecule has 4 atom stereocenters. The van der Waals surface area contributed by atoms with E-state index in [4.69, 9.17) is 10.9 Å². The molecule has 0 aromatic heterocycles. The maximum Gasteiger partial charge on any atom is 0.0605 e. The smallest absolute Gasteiger partial charge is 0.0605 e. The number of oxime groups is 1. The lowest BCUT2D eigenvalue weighted by Crippen LogP contribution is -2.50. The van der Waals surface area contributed by atoms with Crippen molar-refractivity contribution in [1.29, 1.82) is 0 Å². The highest BCUT2D eigenvalue weighted by Gasteiger charge is 2.48. The first-order valence-corrected chi connectivity index (χ1v) is 5.68. The van der Waals surface area contributed by atoms with E-state index in [1.165, 1.54) is 19.3 Å². The molecule has 4 saturated carbocycles. The van der Waals surface area contributed by atoms with Crippen LogP contribution in [0.25, 0.3) is 0 Å². The SMILES string of the molecule is NC12CC3C/C(=N/O)C(CC(C3)C1)C2. The van der Waals surface area contributed by atoms with Gasteiger partial charge in [-0.15, -0.1) is 0 Å². The Bertz CT molecular complexity index is 289. The van der Waals surface area contributed by atoms with Gasteiger partial charge in [0.05, 0.1) is 5.71 Å². The summed E-state index contributed by atoms with van der Waals surface area (Å²) in [6, 6.07) is 0. The third kappa shape index (κ3) is 1.18. The van der Waals surface area contributed by atoms with E-state index in [-0.39, 0.29) is 5.54 Å². The van der Waals surface area contributed by atoms with Gasteiger partial charge in [-0.05, 0) is 50.4 Å². The number of nitrogens with zero attached hydrogens (tertiary/aromatic N) is 1. The standard InChI is InChI=1S/C11H18N2O/c12-11-4-7-1-8(5-11)3-10(13-14)9(2-7)6-11/h7-9,14H,1-6,12H2/b13-10-. The zero-order chi connectivity index (χ0) is 9.76. The highest BCUT2D eigenvalue weighted by Crippen LogP contribution is 2.51. The molecular formula is C11H18N2O.